The van der Waals surface area contributed by atoms with E-state index >= 15 is 0 Å². The first-order valence-electron chi connectivity index (χ1n) is 8.17. The summed E-state index contributed by atoms with van der Waals surface area (Å²) in [4.78, 5) is 17.0. The summed E-state index contributed by atoms with van der Waals surface area (Å²) in [6.07, 6.45) is 5.58. The van der Waals surface area contributed by atoms with E-state index in [1.807, 2.05) is 24.3 Å². The molecular formula is C18H18BrN3OS. The van der Waals surface area contributed by atoms with Crippen LogP contribution in [0.2, 0.25) is 0 Å². The zero-order valence-corrected chi connectivity index (χ0v) is 15.6. The van der Waals surface area contributed by atoms with E-state index in [9.17, 15) is 4.79 Å². The fourth-order valence-corrected chi connectivity index (χ4v) is 4.66. The highest BCUT2D eigenvalue weighted by Gasteiger charge is 2.23. The lowest BCUT2D eigenvalue weighted by Gasteiger charge is -2.26. The largest absolute Gasteiger partial charge is 0.345 e. The Balaban J connectivity index is 1.58. The summed E-state index contributed by atoms with van der Waals surface area (Å²) < 4.78 is 4.45. The normalized spacial score (nSPS) is 14.7. The molecule has 24 heavy (non-hydrogen) atoms. The molecule has 0 aliphatic heterocycles. The minimum absolute atomic E-state index is 0.0282. The molecule has 0 bridgehead atoms. The number of pyridine rings is 1. The molecule has 3 aromatic rings. The van der Waals surface area contributed by atoms with Crippen molar-refractivity contribution in [3.8, 4) is 0 Å². The van der Waals surface area contributed by atoms with Crippen LogP contribution in [0.15, 0.2) is 40.3 Å². The summed E-state index contributed by atoms with van der Waals surface area (Å²) in [5.41, 5.74) is 2.78. The monoisotopic (exact) mass is 403 g/mol. The number of aromatic nitrogens is 2. The third kappa shape index (κ3) is 3.13. The maximum absolute atomic E-state index is 12.7. The van der Waals surface area contributed by atoms with E-state index in [0.29, 0.717) is 12.5 Å². The van der Waals surface area contributed by atoms with Crippen molar-refractivity contribution >= 4 is 43.4 Å². The van der Waals surface area contributed by atoms with Crippen molar-refractivity contribution in [3.63, 3.8) is 0 Å². The average Bonchev–Trinajstić information content (AvgIpc) is 3.06. The fourth-order valence-electron chi connectivity index (χ4n) is 3.09. The zero-order chi connectivity index (χ0) is 16.5. The van der Waals surface area contributed by atoms with Crippen LogP contribution in [0, 0.1) is 5.92 Å². The van der Waals surface area contributed by atoms with Crippen molar-refractivity contribution in [2.24, 2.45) is 5.92 Å². The van der Waals surface area contributed by atoms with E-state index in [4.69, 9.17) is 0 Å². The van der Waals surface area contributed by atoms with Crippen molar-refractivity contribution in [2.45, 2.75) is 32.4 Å². The van der Waals surface area contributed by atoms with Crippen molar-refractivity contribution in [3.05, 3.63) is 51.7 Å². The lowest BCUT2D eigenvalue weighted by Crippen LogP contribution is -2.27. The average molecular weight is 404 g/mol. The predicted molar refractivity (Wildman–Crippen MR) is 100 cm³/mol. The van der Waals surface area contributed by atoms with E-state index < -0.39 is 0 Å². The lowest BCUT2D eigenvalue weighted by molar-refractivity contribution is 0.0939. The van der Waals surface area contributed by atoms with Gasteiger partial charge >= 0.3 is 0 Å². The number of nitrogens with zero attached hydrogens (tertiary/aromatic N) is 2. The molecule has 124 valence electrons. The molecule has 1 saturated carbocycles. The number of carbonyl (C=O) groups excluding carboxylic acids is 1. The molecule has 0 radical (unpaired) electrons. The summed E-state index contributed by atoms with van der Waals surface area (Å²) in [6, 6.07) is 9.86. The SMILES string of the molecule is O=C(NCc1ccccn1)c1cc2sc(Br)cc2n1CC1CCC1. The summed E-state index contributed by atoms with van der Waals surface area (Å²) in [7, 11) is 0. The molecule has 4 rings (SSSR count). The molecule has 1 fully saturated rings. The number of fused-ring (bicyclic) bond motifs is 1. The van der Waals surface area contributed by atoms with Gasteiger partial charge in [0.25, 0.3) is 5.91 Å². The van der Waals surface area contributed by atoms with Crippen molar-refractivity contribution in [2.75, 3.05) is 0 Å². The van der Waals surface area contributed by atoms with Gasteiger partial charge in [0.2, 0.25) is 0 Å². The molecule has 3 heterocycles. The van der Waals surface area contributed by atoms with Crippen LogP contribution in [0.3, 0.4) is 0 Å². The first-order chi connectivity index (χ1) is 11.7. The van der Waals surface area contributed by atoms with Gasteiger partial charge in [-0.1, -0.05) is 12.5 Å². The molecule has 1 amide bonds. The van der Waals surface area contributed by atoms with Crippen LogP contribution in [0.25, 0.3) is 10.2 Å². The Kier molecular flexibility index (Phi) is 4.41. The second kappa shape index (κ2) is 6.69. The van der Waals surface area contributed by atoms with E-state index in [-0.39, 0.29) is 5.91 Å². The van der Waals surface area contributed by atoms with Crippen LogP contribution in [-0.2, 0) is 13.1 Å². The number of halogens is 1. The van der Waals surface area contributed by atoms with Crippen LogP contribution < -0.4 is 5.32 Å². The van der Waals surface area contributed by atoms with Crippen LogP contribution in [0.5, 0.6) is 0 Å². The van der Waals surface area contributed by atoms with Crippen LogP contribution >= 0.6 is 27.3 Å². The molecule has 0 unspecified atom stereocenters. The van der Waals surface area contributed by atoms with Crippen molar-refractivity contribution < 1.29 is 4.79 Å². The number of nitrogens with one attached hydrogen (secondary N) is 1. The van der Waals surface area contributed by atoms with Gasteiger partial charge in [-0.05, 0) is 59.0 Å². The minimum atomic E-state index is -0.0282. The number of hydrogen-bond acceptors (Lipinski definition) is 3. The summed E-state index contributed by atoms with van der Waals surface area (Å²) in [6.45, 7) is 1.38. The molecule has 0 saturated heterocycles. The summed E-state index contributed by atoms with van der Waals surface area (Å²) in [5, 5.41) is 3.00. The third-order valence-electron chi connectivity index (χ3n) is 4.61. The Morgan fingerprint density at radius 1 is 1.38 bits per heavy atom. The number of amides is 1. The molecule has 4 nitrogen and oxygen atoms in total. The minimum Gasteiger partial charge on any atom is -0.345 e. The molecular weight excluding hydrogens is 386 g/mol. The van der Waals surface area contributed by atoms with Crippen molar-refractivity contribution in [1.29, 1.82) is 0 Å². The molecule has 6 heteroatoms. The number of rotatable bonds is 5. The molecule has 1 N–H and O–H groups in total. The molecule has 1 aliphatic carbocycles. The van der Waals surface area contributed by atoms with Gasteiger partial charge in [0.1, 0.15) is 5.69 Å². The van der Waals surface area contributed by atoms with Gasteiger partial charge in [-0.2, -0.15) is 0 Å². The zero-order valence-electron chi connectivity index (χ0n) is 13.2. The maximum atomic E-state index is 12.7. The van der Waals surface area contributed by atoms with E-state index in [2.05, 4.69) is 36.9 Å². The van der Waals surface area contributed by atoms with Crippen LogP contribution in [0.1, 0.15) is 35.4 Å². The first kappa shape index (κ1) is 15.8. The van der Waals surface area contributed by atoms with Gasteiger partial charge in [-0.25, -0.2) is 0 Å². The highest BCUT2D eigenvalue weighted by molar-refractivity contribution is 9.11. The van der Waals surface area contributed by atoms with Gasteiger partial charge in [-0.15, -0.1) is 11.3 Å². The third-order valence-corrected chi connectivity index (χ3v) is 6.19. The van der Waals surface area contributed by atoms with E-state index in [1.54, 1.807) is 17.5 Å². The van der Waals surface area contributed by atoms with Gasteiger partial charge < -0.3 is 9.88 Å². The predicted octanol–water partition coefficient (Wildman–Crippen LogP) is 4.59. The Morgan fingerprint density at radius 3 is 2.96 bits per heavy atom. The second-order valence-electron chi connectivity index (χ2n) is 6.24. The van der Waals surface area contributed by atoms with Crippen LogP contribution in [0.4, 0.5) is 0 Å². The highest BCUT2D eigenvalue weighted by atomic mass is 79.9. The Hall–Kier alpha value is -1.66. The number of carbonyl (C=O) groups is 1. The topological polar surface area (TPSA) is 46.9 Å². The lowest BCUT2D eigenvalue weighted by atomic mass is 9.85. The summed E-state index contributed by atoms with van der Waals surface area (Å²) >= 11 is 5.23. The number of thiophene rings is 1. The standard InChI is InChI=1S/C18H18BrN3OS/c19-17-9-14-16(24-17)8-15(22(14)11-12-4-3-5-12)18(23)21-10-13-6-1-2-7-20-13/h1-2,6-9,12H,3-5,10-11H2,(H,21,23). The van der Waals surface area contributed by atoms with Gasteiger partial charge in [0, 0.05) is 12.7 Å². The Morgan fingerprint density at radius 2 is 2.25 bits per heavy atom. The van der Waals surface area contributed by atoms with Gasteiger partial charge in [-0.3, -0.25) is 9.78 Å². The molecule has 0 aromatic carbocycles. The van der Waals surface area contributed by atoms with Gasteiger partial charge in [0.05, 0.1) is 26.2 Å². The second-order valence-corrected chi connectivity index (χ2v) is 8.70. The van der Waals surface area contributed by atoms with Crippen LogP contribution in [-0.4, -0.2) is 15.5 Å². The quantitative estimate of drug-likeness (QED) is 0.676. The van der Waals surface area contributed by atoms with Gasteiger partial charge in [0.15, 0.2) is 0 Å². The van der Waals surface area contributed by atoms with E-state index in [0.717, 1.165) is 31.9 Å². The highest BCUT2D eigenvalue weighted by Crippen LogP contribution is 2.35. The van der Waals surface area contributed by atoms with Crippen molar-refractivity contribution in [1.82, 2.24) is 14.9 Å². The Bertz CT molecular complexity index is 867. The number of hydrogen-bond donors (Lipinski definition) is 1. The first-order valence-corrected chi connectivity index (χ1v) is 9.78. The molecule has 0 spiro atoms. The molecule has 1 aliphatic rings. The smallest absolute Gasteiger partial charge is 0.268 e. The maximum Gasteiger partial charge on any atom is 0.268 e. The molecule has 3 aromatic heterocycles. The Labute approximate surface area is 153 Å². The molecule has 0 atom stereocenters. The fraction of sp³-hybridized carbons (Fsp3) is 0.333. The van der Waals surface area contributed by atoms with E-state index in [1.165, 1.54) is 19.3 Å². The summed E-state index contributed by atoms with van der Waals surface area (Å²) in [5.74, 6) is 0.668.